The molecule has 0 saturated carbocycles. The molecule has 2 heterocycles. The van der Waals surface area contributed by atoms with Gasteiger partial charge in [0.25, 0.3) is 0 Å². The average molecular weight is 319 g/mol. The van der Waals surface area contributed by atoms with Crippen molar-refractivity contribution in [3.63, 3.8) is 0 Å². The molecule has 0 bridgehead atoms. The molecule has 2 N–H and O–H groups in total. The molecule has 6 nitrogen and oxygen atoms in total. The first-order valence-electron chi connectivity index (χ1n) is 6.77. The van der Waals surface area contributed by atoms with E-state index in [1.807, 2.05) is 24.3 Å². The zero-order chi connectivity index (χ0) is 15.9. The first kappa shape index (κ1) is 14.6. The second kappa shape index (κ2) is 5.14. The molecule has 0 unspecified atom stereocenters. The molecule has 114 valence electrons. The fourth-order valence-electron chi connectivity index (χ4n) is 2.19. The normalized spacial score (nSPS) is 11.8. The van der Waals surface area contributed by atoms with Crippen LogP contribution in [0.5, 0.6) is 0 Å². The van der Waals surface area contributed by atoms with E-state index in [2.05, 4.69) is 20.5 Å². The molecule has 0 fully saturated rings. The molecule has 0 spiro atoms. The summed E-state index contributed by atoms with van der Waals surface area (Å²) in [7, 11) is 0. The number of nitrogens with zero attached hydrogens (tertiary/aromatic N) is 2. The van der Waals surface area contributed by atoms with E-state index < -0.39 is 11.7 Å². The first-order valence-corrected chi connectivity index (χ1v) is 7.15. The summed E-state index contributed by atoms with van der Waals surface area (Å²) < 4.78 is 5.25. The zero-order valence-electron chi connectivity index (χ0n) is 12.4. The molecule has 1 amide bonds. The number of fused-ring (bicyclic) bond motifs is 3. The highest BCUT2D eigenvalue weighted by atomic mass is 35.5. The average Bonchev–Trinajstić information content (AvgIpc) is 2.81. The SMILES string of the molecule is CC(C)(C)OC(=O)Nc1n[nH]c2c(Cl)nc3ccccc3c12. The number of H-pyrrole nitrogens is 1. The van der Waals surface area contributed by atoms with Crippen molar-refractivity contribution in [3.05, 3.63) is 29.4 Å². The molecule has 7 heteroatoms. The van der Waals surface area contributed by atoms with Crippen LogP contribution in [0.1, 0.15) is 20.8 Å². The van der Waals surface area contributed by atoms with Crippen LogP contribution in [0.4, 0.5) is 10.6 Å². The van der Waals surface area contributed by atoms with Gasteiger partial charge < -0.3 is 4.74 Å². The van der Waals surface area contributed by atoms with E-state index in [9.17, 15) is 4.79 Å². The summed E-state index contributed by atoms with van der Waals surface area (Å²) in [6, 6.07) is 7.52. The van der Waals surface area contributed by atoms with E-state index in [-0.39, 0.29) is 0 Å². The lowest BCUT2D eigenvalue weighted by Gasteiger charge is -2.19. The van der Waals surface area contributed by atoms with Gasteiger partial charge in [-0.1, -0.05) is 29.8 Å². The van der Waals surface area contributed by atoms with E-state index in [1.165, 1.54) is 0 Å². The van der Waals surface area contributed by atoms with Crippen molar-refractivity contribution in [2.45, 2.75) is 26.4 Å². The molecular weight excluding hydrogens is 304 g/mol. The highest BCUT2D eigenvalue weighted by molar-refractivity contribution is 6.36. The highest BCUT2D eigenvalue weighted by Gasteiger charge is 2.20. The lowest BCUT2D eigenvalue weighted by molar-refractivity contribution is 0.0635. The Balaban J connectivity index is 2.09. The number of anilines is 1. The number of amides is 1. The second-order valence-electron chi connectivity index (χ2n) is 5.87. The number of para-hydroxylation sites is 1. The molecule has 3 aromatic rings. The number of pyridine rings is 1. The Bertz CT molecular complexity index is 867. The predicted octanol–water partition coefficient (Wildman–Crippen LogP) is 4.11. The molecular formula is C15H15ClN4O2. The van der Waals surface area contributed by atoms with Crippen molar-refractivity contribution in [2.75, 3.05) is 5.32 Å². The molecule has 22 heavy (non-hydrogen) atoms. The Labute approximate surface area is 131 Å². The molecule has 0 radical (unpaired) electrons. The van der Waals surface area contributed by atoms with Crippen LogP contribution in [-0.4, -0.2) is 26.9 Å². The van der Waals surface area contributed by atoms with Gasteiger partial charge in [0.05, 0.1) is 10.9 Å². The van der Waals surface area contributed by atoms with Gasteiger partial charge in [0.15, 0.2) is 11.0 Å². The predicted molar refractivity (Wildman–Crippen MR) is 86.3 cm³/mol. The number of carbonyl (C=O) groups excluding carboxylic acids is 1. The number of rotatable bonds is 1. The van der Waals surface area contributed by atoms with E-state index in [4.69, 9.17) is 16.3 Å². The summed E-state index contributed by atoms with van der Waals surface area (Å²) in [4.78, 5) is 16.3. The van der Waals surface area contributed by atoms with Gasteiger partial charge in [-0.2, -0.15) is 5.10 Å². The van der Waals surface area contributed by atoms with Crippen LogP contribution in [0.25, 0.3) is 21.8 Å². The number of aromatic amines is 1. The van der Waals surface area contributed by atoms with Crippen LogP contribution >= 0.6 is 11.6 Å². The van der Waals surface area contributed by atoms with Crippen LogP contribution in [0.3, 0.4) is 0 Å². The maximum Gasteiger partial charge on any atom is 0.413 e. The van der Waals surface area contributed by atoms with Gasteiger partial charge in [-0.3, -0.25) is 10.4 Å². The Morgan fingerprint density at radius 3 is 2.77 bits per heavy atom. The van der Waals surface area contributed by atoms with Gasteiger partial charge in [-0.05, 0) is 26.8 Å². The Hall–Kier alpha value is -2.34. The van der Waals surface area contributed by atoms with Crippen molar-refractivity contribution in [2.24, 2.45) is 0 Å². The van der Waals surface area contributed by atoms with Gasteiger partial charge in [0.2, 0.25) is 0 Å². The van der Waals surface area contributed by atoms with Crippen LogP contribution in [0.2, 0.25) is 5.15 Å². The first-order chi connectivity index (χ1) is 10.3. The topological polar surface area (TPSA) is 79.9 Å². The van der Waals surface area contributed by atoms with Crippen molar-refractivity contribution < 1.29 is 9.53 Å². The molecule has 0 saturated heterocycles. The summed E-state index contributed by atoms with van der Waals surface area (Å²) in [5.41, 5.74) is 0.720. The van der Waals surface area contributed by atoms with Crippen LogP contribution < -0.4 is 5.32 Å². The molecule has 0 aliphatic carbocycles. The number of hydrogen-bond donors (Lipinski definition) is 2. The number of halogens is 1. The van der Waals surface area contributed by atoms with Crippen molar-refractivity contribution in [3.8, 4) is 0 Å². The van der Waals surface area contributed by atoms with Gasteiger partial charge in [-0.25, -0.2) is 9.78 Å². The largest absolute Gasteiger partial charge is 0.444 e. The standard InChI is InChI=1S/C15H15ClN4O2/c1-15(2,3)22-14(21)18-13-10-8-6-4-5-7-9(8)17-12(16)11(10)19-20-13/h4-7H,1-3H3,(H2,18,19,20,21). The number of hydrogen-bond acceptors (Lipinski definition) is 4. The fraction of sp³-hybridized carbons (Fsp3) is 0.267. The van der Waals surface area contributed by atoms with Crippen molar-refractivity contribution in [1.29, 1.82) is 0 Å². The van der Waals surface area contributed by atoms with Gasteiger partial charge in [0, 0.05) is 5.39 Å². The van der Waals surface area contributed by atoms with E-state index in [0.29, 0.717) is 21.9 Å². The van der Waals surface area contributed by atoms with Gasteiger partial charge in [0.1, 0.15) is 11.1 Å². The minimum absolute atomic E-state index is 0.304. The summed E-state index contributed by atoms with van der Waals surface area (Å²) in [5.74, 6) is 0.366. The van der Waals surface area contributed by atoms with Crippen molar-refractivity contribution >= 4 is 45.3 Å². The molecule has 3 rings (SSSR count). The summed E-state index contributed by atoms with van der Waals surface area (Å²) in [5, 5.41) is 11.4. The smallest absolute Gasteiger partial charge is 0.413 e. The minimum Gasteiger partial charge on any atom is -0.444 e. The summed E-state index contributed by atoms with van der Waals surface area (Å²) >= 11 is 6.17. The number of carbonyl (C=O) groups is 1. The monoisotopic (exact) mass is 318 g/mol. The summed E-state index contributed by atoms with van der Waals surface area (Å²) in [6.45, 7) is 5.39. The third kappa shape index (κ3) is 2.69. The number of benzene rings is 1. The maximum absolute atomic E-state index is 12.0. The third-order valence-electron chi connectivity index (χ3n) is 2.98. The number of nitrogens with one attached hydrogen (secondary N) is 2. The van der Waals surface area contributed by atoms with Gasteiger partial charge >= 0.3 is 6.09 Å². The molecule has 0 atom stereocenters. The maximum atomic E-state index is 12.0. The molecule has 0 aliphatic heterocycles. The fourth-order valence-corrected chi connectivity index (χ4v) is 2.42. The highest BCUT2D eigenvalue weighted by Crippen LogP contribution is 2.32. The van der Waals surface area contributed by atoms with Gasteiger partial charge in [-0.15, -0.1) is 0 Å². The minimum atomic E-state index is -0.586. The summed E-state index contributed by atoms with van der Waals surface area (Å²) in [6.07, 6.45) is -0.571. The number of aromatic nitrogens is 3. The number of ether oxygens (including phenoxy) is 1. The Morgan fingerprint density at radius 1 is 1.32 bits per heavy atom. The van der Waals surface area contributed by atoms with E-state index >= 15 is 0 Å². The Kier molecular flexibility index (Phi) is 3.41. The molecule has 2 aromatic heterocycles. The Morgan fingerprint density at radius 2 is 2.05 bits per heavy atom. The van der Waals surface area contributed by atoms with E-state index in [0.717, 1.165) is 10.9 Å². The molecule has 0 aliphatic rings. The second-order valence-corrected chi connectivity index (χ2v) is 6.23. The lowest BCUT2D eigenvalue weighted by atomic mass is 10.1. The van der Waals surface area contributed by atoms with Crippen LogP contribution in [0, 0.1) is 0 Å². The van der Waals surface area contributed by atoms with Crippen LogP contribution in [0.15, 0.2) is 24.3 Å². The lowest BCUT2D eigenvalue weighted by Crippen LogP contribution is -2.27. The quantitative estimate of drug-likeness (QED) is 0.662. The van der Waals surface area contributed by atoms with Crippen LogP contribution in [-0.2, 0) is 4.74 Å². The zero-order valence-corrected chi connectivity index (χ0v) is 13.2. The van der Waals surface area contributed by atoms with E-state index in [1.54, 1.807) is 20.8 Å². The van der Waals surface area contributed by atoms with Crippen molar-refractivity contribution in [1.82, 2.24) is 15.2 Å². The third-order valence-corrected chi connectivity index (χ3v) is 3.26. The molecule has 1 aromatic carbocycles.